The van der Waals surface area contributed by atoms with Crippen molar-refractivity contribution in [2.24, 2.45) is 17.0 Å². The third-order valence-corrected chi connectivity index (χ3v) is 4.09. The first-order valence-electron chi connectivity index (χ1n) is 6.91. The molecule has 0 amide bonds. The predicted octanol–water partition coefficient (Wildman–Crippen LogP) is 4.76. The molecule has 0 bridgehead atoms. The molecule has 2 N–H and O–H groups in total. The Bertz CT molecular complexity index is 440. The lowest BCUT2D eigenvalue weighted by molar-refractivity contribution is 0.287. The molecule has 104 valence electrons. The predicted molar refractivity (Wildman–Crippen MR) is 80.0 cm³/mol. The van der Waals surface area contributed by atoms with Gasteiger partial charge in [-0.2, -0.15) is 0 Å². The summed E-state index contributed by atoms with van der Waals surface area (Å²) in [4.78, 5) is 0. The lowest BCUT2D eigenvalue weighted by atomic mass is 9.81. The molecule has 0 aliphatic heterocycles. The Hall–Kier alpha value is -1.22. The number of anilines is 1. The Morgan fingerprint density at radius 1 is 1.37 bits per heavy atom. The molecule has 1 aromatic carbocycles. The van der Waals surface area contributed by atoms with E-state index in [2.05, 4.69) is 17.4 Å². The van der Waals surface area contributed by atoms with E-state index >= 15 is 0 Å². The summed E-state index contributed by atoms with van der Waals surface area (Å²) in [6, 6.07) is 7.45. The van der Waals surface area contributed by atoms with E-state index in [1.807, 2.05) is 24.3 Å². The summed E-state index contributed by atoms with van der Waals surface area (Å²) >= 11 is 5.94. The molecule has 0 aromatic heterocycles. The molecule has 0 spiro atoms. The first-order chi connectivity index (χ1) is 9.17. The number of hydrogen-bond acceptors (Lipinski definition) is 2. The standard InChI is InChI=1S/C15H21ClN2O/c1-11-5-7-12(8-6-11)9-15(18-19)17-14-4-2-3-13(16)10-14/h2-4,10-12,19H,5-9H2,1H3,(H,17,18). The van der Waals surface area contributed by atoms with Crippen molar-refractivity contribution in [2.45, 2.75) is 39.0 Å². The first-order valence-corrected chi connectivity index (χ1v) is 7.28. The zero-order chi connectivity index (χ0) is 13.7. The zero-order valence-electron chi connectivity index (χ0n) is 11.3. The van der Waals surface area contributed by atoms with E-state index in [1.165, 1.54) is 25.7 Å². The van der Waals surface area contributed by atoms with Crippen molar-refractivity contribution in [3.63, 3.8) is 0 Å². The highest BCUT2D eigenvalue weighted by molar-refractivity contribution is 6.30. The Morgan fingerprint density at radius 3 is 2.74 bits per heavy atom. The van der Waals surface area contributed by atoms with Crippen LogP contribution < -0.4 is 5.32 Å². The lowest BCUT2D eigenvalue weighted by Gasteiger charge is -2.26. The molecule has 1 saturated carbocycles. The second-order valence-electron chi connectivity index (χ2n) is 5.51. The van der Waals surface area contributed by atoms with Crippen molar-refractivity contribution in [3.8, 4) is 0 Å². The van der Waals surface area contributed by atoms with Gasteiger partial charge >= 0.3 is 0 Å². The van der Waals surface area contributed by atoms with Crippen molar-refractivity contribution >= 4 is 23.1 Å². The smallest absolute Gasteiger partial charge is 0.146 e. The van der Waals surface area contributed by atoms with Crippen LogP contribution in [-0.2, 0) is 0 Å². The average Bonchev–Trinajstić information content (AvgIpc) is 2.40. The fraction of sp³-hybridized carbons (Fsp3) is 0.533. The number of halogens is 1. The molecular formula is C15H21ClN2O. The second kappa shape index (κ2) is 6.80. The van der Waals surface area contributed by atoms with E-state index in [0.29, 0.717) is 16.8 Å². The van der Waals surface area contributed by atoms with Gasteiger partial charge in [0.05, 0.1) is 0 Å². The molecule has 2 rings (SSSR count). The number of nitrogens with zero attached hydrogens (tertiary/aromatic N) is 1. The number of nitrogens with one attached hydrogen (secondary N) is 1. The van der Waals surface area contributed by atoms with E-state index in [4.69, 9.17) is 16.8 Å². The van der Waals surface area contributed by atoms with Crippen molar-refractivity contribution in [1.82, 2.24) is 0 Å². The van der Waals surface area contributed by atoms with Crippen LogP contribution in [0.5, 0.6) is 0 Å². The molecule has 1 fully saturated rings. The van der Waals surface area contributed by atoms with Crippen LogP contribution in [0.1, 0.15) is 39.0 Å². The highest BCUT2D eigenvalue weighted by Crippen LogP contribution is 2.30. The summed E-state index contributed by atoms with van der Waals surface area (Å²) in [5, 5.41) is 16.3. The summed E-state index contributed by atoms with van der Waals surface area (Å²) in [6.07, 6.45) is 5.80. The quantitative estimate of drug-likeness (QED) is 0.363. The summed E-state index contributed by atoms with van der Waals surface area (Å²) in [6.45, 7) is 2.31. The molecule has 0 radical (unpaired) electrons. The highest BCUT2D eigenvalue weighted by Gasteiger charge is 2.20. The van der Waals surface area contributed by atoms with E-state index in [9.17, 15) is 0 Å². The SMILES string of the molecule is CC1CCC(C/C(=N/O)Nc2cccc(Cl)c2)CC1. The lowest BCUT2D eigenvalue weighted by Crippen LogP contribution is -2.20. The first kappa shape index (κ1) is 14.2. The van der Waals surface area contributed by atoms with Crippen LogP contribution in [0.4, 0.5) is 5.69 Å². The fourth-order valence-corrected chi connectivity index (χ4v) is 2.85. The van der Waals surface area contributed by atoms with Crippen LogP contribution in [0.25, 0.3) is 0 Å². The van der Waals surface area contributed by atoms with E-state index in [0.717, 1.165) is 18.0 Å². The Balaban J connectivity index is 1.90. The molecule has 4 heteroatoms. The van der Waals surface area contributed by atoms with E-state index in [-0.39, 0.29) is 0 Å². The topological polar surface area (TPSA) is 44.6 Å². The van der Waals surface area contributed by atoms with Gasteiger partial charge in [-0.05, 0) is 42.9 Å². The van der Waals surface area contributed by atoms with Crippen molar-refractivity contribution in [1.29, 1.82) is 0 Å². The minimum Gasteiger partial charge on any atom is -0.409 e. The third kappa shape index (κ3) is 4.43. The molecule has 3 nitrogen and oxygen atoms in total. The Morgan fingerprint density at radius 2 is 2.11 bits per heavy atom. The van der Waals surface area contributed by atoms with Gasteiger partial charge in [-0.25, -0.2) is 0 Å². The van der Waals surface area contributed by atoms with Gasteiger partial charge in [-0.1, -0.05) is 42.6 Å². The van der Waals surface area contributed by atoms with Crippen LogP contribution in [0.3, 0.4) is 0 Å². The van der Waals surface area contributed by atoms with Crippen LogP contribution in [-0.4, -0.2) is 11.0 Å². The third-order valence-electron chi connectivity index (χ3n) is 3.85. The van der Waals surface area contributed by atoms with Crippen molar-refractivity contribution in [3.05, 3.63) is 29.3 Å². The van der Waals surface area contributed by atoms with Gasteiger partial charge in [0.15, 0.2) is 0 Å². The average molecular weight is 281 g/mol. The van der Waals surface area contributed by atoms with Gasteiger partial charge in [-0.15, -0.1) is 0 Å². The summed E-state index contributed by atoms with van der Waals surface area (Å²) < 4.78 is 0. The minimum absolute atomic E-state index is 0.619. The van der Waals surface area contributed by atoms with Crippen LogP contribution in [0, 0.1) is 11.8 Å². The molecule has 0 saturated heterocycles. The largest absolute Gasteiger partial charge is 0.409 e. The minimum atomic E-state index is 0.619. The number of hydrogen-bond donors (Lipinski definition) is 2. The maximum atomic E-state index is 9.13. The number of rotatable bonds is 3. The van der Waals surface area contributed by atoms with Crippen molar-refractivity contribution < 1.29 is 5.21 Å². The van der Waals surface area contributed by atoms with Gasteiger partial charge in [0, 0.05) is 17.1 Å². The summed E-state index contributed by atoms with van der Waals surface area (Å²) in [5.41, 5.74) is 0.865. The van der Waals surface area contributed by atoms with Crippen molar-refractivity contribution in [2.75, 3.05) is 5.32 Å². The Labute approximate surface area is 119 Å². The summed E-state index contributed by atoms with van der Waals surface area (Å²) in [5.74, 6) is 2.09. The van der Waals surface area contributed by atoms with Gasteiger partial charge in [0.2, 0.25) is 0 Å². The fourth-order valence-electron chi connectivity index (χ4n) is 2.66. The highest BCUT2D eigenvalue weighted by atomic mass is 35.5. The van der Waals surface area contributed by atoms with Crippen LogP contribution in [0.2, 0.25) is 5.02 Å². The number of benzene rings is 1. The van der Waals surface area contributed by atoms with E-state index < -0.39 is 0 Å². The molecular weight excluding hydrogens is 260 g/mol. The van der Waals surface area contributed by atoms with Crippen LogP contribution >= 0.6 is 11.6 Å². The molecule has 0 unspecified atom stereocenters. The molecule has 1 aliphatic rings. The second-order valence-corrected chi connectivity index (χ2v) is 5.95. The maximum Gasteiger partial charge on any atom is 0.146 e. The normalized spacial score (nSPS) is 24.2. The van der Waals surface area contributed by atoms with Crippen LogP contribution in [0.15, 0.2) is 29.4 Å². The van der Waals surface area contributed by atoms with E-state index in [1.54, 1.807) is 0 Å². The molecule has 1 aromatic rings. The van der Waals surface area contributed by atoms with Gasteiger partial charge in [0.1, 0.15) is 5.84 Å². The molecule has 1 aliphatic carbocycles. The van der Waals surface area contributed by atoms with Gasteiger partial charge < -0.3 is 10.5 Å². The number of amidine groups is 1. The number of oxime groups is 1. The molecule has 19 heavy (non-hydrogen) atoms. The molecule has 0 atom stereocenters. The summed E-state index contributed by atoms with van der Waals surface area (Å²) in [7, 11) is 0. The molecule has 0 heterocycles. The monoisotopic (exact) mass is 280 g/mol. The van der Waals surface area contributed by atoms with Gasteiger partial charge in [0.25, 0.3) is 0 Å². The Kier molecular flexibility index (Phi) is 5.08. The zero-order valence-corrected chi connectivity index (χ0v) is 12.0. The van der Waals surface area contributed by atoms with Gasteiger partial charge in [-0.3, -0.25) is 0 Å². The maximum absolute atomic E-state index is 9.13.